The van der Waals surface area contributed by atoms with Gasteiger partial charge in [-0.25, -0.2) is 0 Å². The van der Waals surface area contributed by atoms with Gasteiger partial charge in [0.15, 0.2) is 0 Å². The van der Waals surface area contributed by atoms with Crippen LogP contribution in [-0.4, -0.2) is 6.04 Å². The molecule has 0 amide bonds. The maximum absolute atomic E-state index is 5.46. The summed E-state index contributed by atoms with van der Waals surface area (Å²) in [5, 5.41) is 5.74. The van der Waals surface area contributed by atoms with Crippen LogP contribution in [0.25, 0.3) is 0 Å². The summed E-state index contributed by atoms with van der Waals surface area (Å²) in [7, 11) is 0. The van der Waals surface area contributed by atoms with Crippen LogP contribution in [-0.2, 0) is 0 Å². The number of terminal acetylenes is 1. The minimum atomic E-state index is 0.160. The largest absolute Gasteiger partial charge is 0.296 e. The molecule has 2 unspecified atom stereocenters. The summed E-state index contributed by atoms with van der Waals surface area (Å²) in [6.45, 7) is 2.07. The SMILES string of the molecule is C#CC(C)NC(c1cccs1)C1CCCC1. The maximum Gasteiger partial charge on any atom is 0.0663 e. The molecule has 0 bridgehead atoms. The van der Waals surface area contributed by atoms with Gasteiger partial charge in [0.2, 0.25) is 0 Å². The van der Waals surface area contributed by atoms with Crippen LogP contribution in [0.4, 0.5) is 0 Å². The first kappa shape index (κ1) is 11.7. The lowest BCUT2D eigenvalue weighted by atomic mass is 9.96. The van der Waals surface area contributed by atoms with Crippen LogP contribution in [0.5, 0.6) is 0 Å². The molecule has 0 aliphatic heterocycles. The minimum absolute atomic E-state index is 0.160. The van der Waals surface area contributed by atoms with Gasteiger partial charge in [0.05, 0.1) is 6.04 Å². The van der Waals surface area contributed by atoms with E-state index in [-0.39, 0.29) is 6.04 Å². The molecule has 1 nitrogen and oxygen atoms in total. The summed E-state index contributed by atoms with van der Waals surface area (Å²) in [6, 6.07) is 4.98. The predicted octanol–water partition coefficient (Wildman–Crippen LogP) is 3.59. The molecule has 1 aromatic heterocycles. The Labute approximate surface area is 102 Å². The highest BCUT2D eigenvalue weighted by atomic mass is 32.1. The Morgan fingerprint density at radius 3 is 2.81 bits per heavy atom. The van der Waals surface area contributed by atoms with Crippen LogP contribution in [0.3, 0.4) is 0 Å². The van der Waals surface area contributed by atoms with Crippen molar-refractivity contribution in [3.05, 3.63) is 22.4 Å². The molecule has 0 radical (unpaired) electrons. The maximum atomic E-state index is 5.46. The topological polar surface area (TPSA) is 12.0 Å². The highest BCUT2D eigenvalue weighted by molar-refractivity contribution is 7.10. The molecule has 0 aromatic carbocycles. The van der Waals surface area contributed by atoms with E-state index < -0.39 is 0 Å². The Hall–Kier alpha value is -0.780. The molecule has 1 aliphatic rings. The smallest absolute Gasteiger partial charge is 0.0663 e. The molecule has 1 N–H and O–H groups in total. The molecule has 16 heavy (non-hydrogen) atoms. The minimum Gasteiger partial charge on any atom is -0.296 e. The summed E-state index contributed by atoms with van der Waals surface area (Å²) in [5.41, 5.74) is 0. The zero-order valence-corrected chi connectivity index (χ0v) is 10.6. The second-order valence-corrected chi connectivity index (χ2v) is 5.57. The average molecular weight is 233 g/mol. The van der Waals surface area contributed by atoms with E-state index in [1.165, 1.54) is 30.6 Å². The summed E-state index contributed by atoms with van der Waals surface area (Å²) in [4.78, 5) is 1.44. The standard InChI is InChI=1S/C14H19NS/c1-3-11(2)15-14(12-7-4-5-8-12)13-9-6-10-16-13/h1,6,9-12,14-15H,4-5,7-8H2,2H3. The number of hydrogen-bond acceptors (Lipinski definition) is 2. The fourth-order valence-corrected chi connectivity index (χ4v) is 3.41. The van der Waals surface area contributed by atoms with E-state index in [9.17, 15) is 0 Å². The fraction of sp³-hybridized carbons (Fsp3) is 0.571. The molecule has 1 heterocycles. The Kier molecular flexibility index (Phi) is 4.04. The van der Waals surface area contributed by atoms with E-state index in [2.05, 4.69) is 35.7 Å². The van der Waals surface area contributed by atoms with Crippen molar-refractivity contribution in [2.45, 2.75) is 44.7 Å². The van der Waals surface area contributed by atoms with E-state index in [1.54, 1.807) is 0 Å². The van der Waals surface area contributed by atoms with Gasteiger partial charge in [0, 0.05) is 10.9 Å². The van der Waals surface area contributed by atoms with Gasteiger partial charge in [0.25, 0.3) is 0 Å². The molecule has 2 atom stereocenters. The number of nitrogens with one attached hydrogen (secondary N) is 1. The molecule has 2 rings (SSSR count). The monoisotopic (exact) mass is 233 g/mol. The zero-order chi connectivity index (χ0) is 11.4. The lowest BCUT2D eigenvalue weighted by molar-refractivity contribution is 0.362. The van der Waals surface area contributed by atoms with Crippen molar-refractivity contribution in [2.24, 2.45) is 5.92 Å². The lowest BCUT2D eigenvalue weighted by Crippen LogP contribution is -2.32. The normalized spacial score (nSPS) is 20.5. The third-order valence-electron chi connectivity index (χ3n) is 3.40. The van der Waals surface area contributed by atoms with Gasteiger partial charge in [-0.1, -0.05) is 24.8 Å². The summed E-state index contributed by atoms with van der Waals surface area (Å²) in [6.07, 6.45) is 10.9. The molecule has 0 spiro atoms. The molecule has 1 saturated carbocycles. The van der Waals surface area contributed by atoms with Crippen molar-refractivity contribution in [2.75, 3.05) is 0 Å². The van der Waals surface area contributed by atoms with Crippen molar-refractivity contribution in [3.63, 3.8) is 0 Å². The molecular formula is C14H19NS. The van der Waals surface area contributed by atoms with Gasteiger partial charge in [-0.3, -0.25) is 5.32 Å². The second-order valence-electron chi connectivity index (χ2n) is 4.59. The zero-order valence-electron chi connectivity index (χ0n) is 9.78. The Balaban J connectivity index is 2.10. The molecule has 1 aliphatic carbocycles. The van der Waals surface area contributed by atoms with Crippen LogP contribution < -0.4 is 5.32 Å². The average Bonchev–Trinajstić information content (AvgIpc) is 2.97. The Bertz CT molecular complexity index is 343. The summed E-state index contributed by atoms with van der Waals surface area (Å²) >= 11 is 1.84. The van der Waals surface area contributed by atoms with Crippen molar-refractivity contribution in [1.82, 2.24) is 5.32 Å². The van der Waals surface area contributed by atoms with Gasteiger partial charge in [0.1, 0.15) is 0 Å². The van der Waals surface area contributed by atoms with Crippen LogP contribution in [0.1, 0.15) is 43.5 Å². The molecule has 0 saturated heterocycles. The van der Waals surface area contributed by atoms with Gasteiger partial charge < -0.3 is 0 Å². The third-order valence-corrected chi connectivity index (χ3v) is 4.36. The van der Waals surface area contributed by atoms with Crippen molar-refractivity contribution >= 4 is 11.3 Å². The predicted molar refractivity (Wildman–Crippen MR) is 70.4 cm³/mol. The molecular weight excluding hydrogens is 214 g/mol. The van der Waals surface area contributed by atoms with Crippen molar-refractivity contribution < 1.29 is 0 Å². The van der Waals surface area contributed by atoms with E-state index in [1.807, 2.05) is 11.3 Å². The second kappa shape index (κ2) is 5.52. The van der Waals surface area contributed by atoms with E-state index in [0.29, 0.717) is 6.04 Å². The van der Waals surface area contributed by atoms with E-state index in [0.717, 1.165) is 5.92 Å². The molecule has 1 aromatic rings. The number of rotatable bonds is 4. The molecule has 2 heteroatoms. The highest BCUT2D eigenvalue weighted by Gasteiger charge is 2.27. The highest BCUT2D eigenvalue weighted by Crippen LogP contribution is 2.37. The first-order valence-corrected chi connectivity index (χ1v) is 6.95. The van der Waals surface area contributed by atoms with Gasteiger partial charge in [-0.05, 0) is 37.1 Å². The van der Waals surface area contributed by atoms with Gasteiger partial charge >= 0.3 is 0 Å². The quantitative estimate of drug-likeness (QED) is 0.784. The summed E-state index contributed by atoms with van der Waals surface area (Å²) < 4.78 is 0. The first-order chi connectivity index (χ1) is 7.81. The van der Waals surface area contributed by atoms with Crippen LogP contribution in [0.2, 0.25) is 0 Å². The lowest BCUT2D eigenvalue weighted by Gasteiger charge is -2.25. The first-order valence-electron chi connectivity index (χ1n) is 6.07. The Morgan fingerprint density at radius 2 is 2.25 bits per heavy atom. The fourth-order valence-electron chi connectivity index (χ4n) is 2.53. The molecule has 1 fully saturated rings. The van der Waals surface area contributed by atoms with E-state index in [4.69, 9.17) is 6.42 Å². The van der Waals surface area contributed by atoms with E-state index >= 15 is 0 Å². The summed E-state index contributed by atoms with van der Waals surface area (Å²) in [5.74, 6) is 3.55. The molecule has 86 valence electrons. The number of thiophene rings is 1. The van der Waals surface area contributed by atoms with Crippen LogP contribution in [0, 0.1) is 18.3 Å². The third kappa shape index (κ3) is 2.66. The van der Waals surface area contributed by atoms with Gasteiger partial charge in [-0.2, -0.15) is 0 Å². The van der Waals surface area contributed by atoms with Crippen LogP contribution >= 0.6 is 11.3 Å². The van der Waals surface area contributed by atoms with Crippen molar-refractivity contribution in [3.8, 4) is 12.3 Å². The number of hydrogen-bond donors (Lipinski definition) is 1. The van der Waals surface area contributed by atoms with Crippen molar-refractivity contribution in [1.29, 1.82) is 0 Å². The van der Waals surface area contributed by atoms with Crippen LogP contribution in [0.15, 0.2) is 17.5 Å². The van der Waals surface area contributed by atoms with Gasteiger partial charge in [-0.15, -0.1) is 17.8 Å². The Morgan fingerprint density at radius 1 is 1.50 bits per heavy atom.